The minimum Gasteiger partial charge on any atom is -0.399 e. The van der Waals surface area contributed by atoms with E-state index in [-0.39, 0.29) is 5.91 Å². The van der Waals surface area contributed by atoms with Crippen molar-refractivity contribution in [3.63, 3.8) is 0 Å². The number of nitrogens with zero attached hydrogens (tertiary/aromatic N) is 1. The topological polar surface area (TPSA) is 46.3 Å². The number of amides is 1. The van der Waals surface area contributed by atoms with E-state index in [1.807, 2.05) is 48.2 Å². The van der Waals surface area contributed by atoms with Crippen LogP contribution in [0.25, 0.3) is 0 Å². The maximum Gasteiger partial charge on any atom is 0.254 e. The predicted octanol–water partition coefficient (Wildman–Crippen LogP) is 3.50. The van der Waals surface area contributed by atoms with Gasteiger partial charge in [-0.05, 0) is 53.9 Å². The monoisotopic (exact) mass is 330 g/mol. The number of rotatable bonds is 1. The number of nitrogen functional groups attached to an aromatic ring is 1. The van der Waals surface area contributed by atoms with Gasteiger partial charge in [-0.25, -0.2) is 0 Å². The molecular weight excluding hydrogens is 316 g/mol. The first kappa shape index (κ1) is 13.2. The number of anilines is 1. The Labute approximate surface area is 126 Å². The van der Waals surface area contributed by atoms with Crippen LogP contribution in [0.15, 0.2) is 40.9 Å². The molecule has 1 amide bonds. The first-order valence-corrected chi connectivity index (χ1v) is 7.26. The van der Waals surface area contributed by atoms with Crippen molar-refractivity contribution in [1.82, 2.24) is 4.90 Å². The molecule has 1 aliphatic rings. The van der Waals surface area contributed by atoms with E-state index < -0.39 is 0 Å². The summed E-state index contributed by atoms with van der Waals surface area (Å²) in [6.45, 7) is 3.27. The van der Waals surface area contributed by atoms with E-state index in [0.717, 1.165) is 26.9 Å². The molecule has 0 atom stereocenters. The summed E-state index contributed by atoms with van der Waals surface area (Å²) in [5.74, 6) is 0.0594. The van der Waals surface area contributed by atoms with Gasteiger partial charge >= 0.3 is 0 Å². The van der Waals surface area contributed by atoms with Gasteiger partial charge in [0.1, 0.15) is 0 Å². The SMILES string of the molecule is Cc1cc(Br)cc(C(=O)N2Cc3ccc(N)cc3C2)c1. The number of hydrogen-bond donors (Lipinski definition) is 1. The highest BCUT2D eigenvalue weighted by Gasteiger charge is 2.24. The Morgan fingerprint density at radius 3 is 2.65 bits per heavy atom. The van der Waals surface area contributed by atoms with Gasteiger partial charge in [0.2, 0.25) is 0 Å². The lowest BCUT2D eigenvalue weighted by Gasteiger charge is -2.16. The van der Waals surface area contributed by atoms with Gasteiger partial charge in [-0.3, -0.25) is 4.79 Å². The van der Waals surface area contributed by atoms with E-state index in [1.165, 1.54) is 5.56 Å². The molecule has 0 spiro atoms. The molecule has 1 aliphatic heterocycles. The van der Waals surface area contributed by atoms with Gasteiger partial charge in [0.25, 0.3) is 5.91 Å². The number of halogens is 1. The second-order valence-electron chi connectivity index (χ2n) is 5.21. The summed E-state index contributed by atoms with van der Waals surface area (Å²) < 4.78 is 0.932. The van der Waals surface area contributed by atoms with Crippen molar-refractivity contribution in [3.05, 3.63) is 63.1 Å². The van der Waals surface area contributed by atoms with Gasteiger partial charge < -0.3 is 10.6 Å². The number of carbonyl (C=O) groups is 1. The van der Waals surface area contributed by atoms with Crippen LogP contribution in [0.2, 0.25) is 0 Å². The lowest BCUT2D eigenvalue weighted by molar-refractivity contribution is 0.0751. The molecule has 0 aliphatic carbocycles. The lowest BCUT2D eigenvalue weighted by Crippen LogP contribution is -2.25. The molecule has 0 aromatic heterocycles. The molecular formula is C16H15BrN2O. The summed E-state index contributed by atoms with van der Waals surface area (Å²) in [5.41, 5.74) is 10.7. The standard InChI is InChI=1S/C16H15BrN2O/c1-10-4-12(6-14(17)5-10)16(20)19-8-11-2-3-15(18)7-13(11)9-19/h2-7H,8-9,18H2,1H3. The van der Waals surface area contributed by atoms with E-state index in [2.05, 4.69) is 15.9 Å². The zero-order chi connectivity index (χ0) is 14.3. The molecule has 0 radical (unpaired) electrons. The number of carbonyl (C=O) groups excluding carboxylic acids is 1. The zero-order valence-corrected chi connectivity index (χ0v) is 12.8. The molecule has 2 aromatic rings. The quantitative estimate of drug-likeness (QED) is 0.813. The molecule has 2 N–H and O–H groups in total. The van der Waals surface area contributed by atoms with Crippen molar-refractivity contribution in [3.8, 4) is 0 Å². The van der Waals surface area contributed by atoms with E-state index in [9.17, 15) is 4.79 Å². The molecule has 3 nitrogen and oxygen atoms in total. The van der Waals surface area contributed by atoms with E-state index in [0.29, 0.717) is 13.1 Å². The summed E-state index contributed by atoms with van der Waals surface area (Å²) in [7, 11) is 0. The van der Waals surface area contributed by atoms with Crippen molar-refractivity contribution in [2.24, 2.45) is 0 Å². The van der Waals surface area contributed by atoms with Crippen LogP contribution in [-0.4, -0.2) is 10.8 Å². The van der Waals surface area contributed by atoms with Gasteiger partial charge in [0.15, 0.2) is 0 Å². The molecule has 0 bridgehead atoms. The Hall–Kier alpha value is -1.81. The lowest BCUT2D eigenvalue weighted by atomic mass is 10.1. The molecule has 0 fully saturated rings. The minimum atomic E-state index is 0.0594. The first-order valence-electron chi connectivity index (χ1n) is 6.47. The third-order valence-corrected chi connectivity index (χ3v) is 3.99. The summed E-state index contributed by atoms with van der Waals surface area (Å²) in [6.07, 6.45) is 0. The van der Waals surface area contributed by atoms with E-state index >= 15 is 0 Å². The third kappa shape index (κ3) is 2.43. The Kier molecular flexibility index (Phi) is 3.26. The van der Waals surface area contributed by atoms with Gasteiger partial charge in [0.05, 0.1) is 0 Å². The Bertz CT molecular complexity index is 677. The fourth-order valence-corrected chi connectivity index (χ4v) is 3.21. The smallest absolute Gasteiger partial charge is 0.254 e. The van der Waals surface area contributed by atoms with Crippen LogP contribution in [-0.2, 0) is 13.1 Å². The van der Waals surface area contributed by atoms with Gasteiger partial charge in [0, 0.05) is 28.8 Å². The fourth-order valence-electron chi connectivity index (χ4n) is 2.60. The second kappa shape index (κ2) is 4.94. The molecule has 0 saturated heterocycles. The van der Waals surface area contributed by atoms with Crippen LogP contribution < -0.4 is 5.73 Å². The molecule has 0 saturated carbocycles. The molecule has 102 valence electrons. The maximum absolute atomic E-state index is 12.6. The highest BCUT2D eigenvalue weighted by atomic mass is 79.9. The summed E-state index contributed by atoms with van der Waals surface area (Å²) >= 11 is 3.44. The Balaban J connectivity index is 1.87. The normalized spacial score (nSPS) is 13.4. The van der Waals surface area contributed by atoms with Crippen molar-refractivity contribution in [2.45, 2.75) is 20.0 Å². The minimum absolute atomic E-state index is 0.0594. The molecule has 1 heterocycles. The number of fused-ring (bicyclic) bond motifs is 1. The van der Waals surface area contributed by atoms with Crippen molar-refractivity contribution in [1.29, 1.82) is 0 Å². The predicted molar refractivity (Wildman–Crippen MR) is 83.3 cm³/mol. The molecule has 2 aromatic carbocycles. The molecule has 20 heavy (non-hydrogen) atoms. The van der Waals surface area contributed by atoms with Crippen LogP contribution in [0.3, 0.4) is 0 Å². The van der Waals surface area contributed by atoms with Crippen LogP contribution in [0, 0.1) is 6.92 Å². The maximum atomic E-state index is 12.6. The van der Waals surface area contributed by atoms with E-state index in [4.69, 9.17) is 5.73 Å². The molecule has 0 unspecified atom stereocenters. The van der Waals surface area contributed by atoms with Gasteiger partial charge in [-0.2, -0.15) is 0 Å². The van der Waals surface area contributed by atoms with E-state index in [1.54, 1.807) is 0 Å². The van der Waals surface area contributed by atoms with Crippen molar-refractivity contribution < 1.29 is 4.79 Å². The number of hydrogen-bond acceptors (Lipinski definition) is 2. The zero-order valence-electron chi connectivity index (χ0n) is 11.2. The average molecular weight is 331 g/mol. The summed E-state index contributed by atoms with van der Waals surface area (Å²) in [5, 5.41) is 0. The van der Waals surface area contributed by atoms with Crippen LogP contribution >= 0.6 is 15.9 Å². The third-order valence-electron chi connectivity index (χ3n) is 3.53. The number of nitrogens with two attached hydrogens (primary N) is 1. The van der Waals surface area contributed by atoms with Gasteiger partial charge in [-0.1, -0.05) is 22.0 Å². The molecule has 3 rings (SSSR count). The highest BCUT2D eigenvalue weighted by Crippen LogP contribution is 2.27. The fraction of sp³-hybridized carbons (Fsp3) is 0.188. The average Bonchev–Trinajstić information content (AvgIpc) is 2.79. The number of aryl methyl sites for hydroxylation is 1. The van der Waals surface area contributed by atoms with Crippen LogP contribution in [0.5, 0.6) is 0 Å². The van der Waals surface area contributed by atoms with Crippen molar-refractivity contribution >= 4 is 27.5 Å². The Morgan fingerprint density at radius 2 is 1.90 bits per heavy atom. The Morgan fingerprint density at radius 1 is 1.15 bits per heavy atom. The summed E-state index contributed by atoms with van der Waals surface area (Å²) in [6, 6.07) is 11.6. The molecule has 4 heteroatoms. The number of benzene rings is 2. The first-order chi connectivity index (χ1) is 9.52. The summed E-state index contributed by atoms with van der Waals surface area (Å²) in [4.78, 5) is 14.4. The second-order valence-corrected chi connectivity index (χ2v) is 6.12. The van der Waals surface area contributed by atoms with Crippen LogP contribution in [0.1, 0.15) is 27.0 Å². The van der Waals surface area contributed by atoms with Crippen LogP contribution in [0.4, 0.5) is 5.69 Å². The largest absolute Gasteiger partial charge is 0.399 e. The van der Waals surface area contributed by atoms with Crippen molar-refractivity contribution in [2.75, 3.05) is 5.73 Å². The highest BCUT2D eigenvalue weighted by molar-refractivity contribution is 9.10. The van der Waals surface area contributed by atoms with Gasteiger partial charge in [-0.15, -0.1) is 0 Å².